The molecule has 0 aliphatic rings. The van der Waals surface area contributed by atoms with Gasteiger partial charge in [0, 0.05) is 32.4 Å². The van der Waals surface area contributed by atoms with Crippen molar-refractivity contribution in [3.8, 4) is 0 Å². The van der Waals surface area contributed by atoms with Crippen LogP contribution in [0.2, 0.25) is 10.0 Å². The molecule has 2 aromatic rings. The van der Waals surface area contributed by atoms with Crippen LogP contribution in [0.4, 0.5) is 0 Å². The molecule has 20 heavy (non-hydrogen) atoms. The van der Waals surface area contributed by atoms with Crippen LogP contribution in [-0.4, -0.2) is 6.04 Å². The summed E-state index contributed by atoms with van der Waals surface area (Å²) >= 11 is 14.0. The Morgan fingerprint density at radius 3 is 2.40 bits per heavy atom. The Kier molecular flexibility index (Phi) is 5.79. The lowest BCUT2D eigenvalue weighted by Crippen LogP contribution is -2.22. The van der Waals surface area contributed by atoms with Crippen molar-refractivity contribution in [3.63, 3.8) is 0 Å². The van der Waals surface area contributed by atoms with E-state index in [0.29, 0.717) is 6.04 Å². The van der Waals surface area contributed by atoms with Crippen LogP contribution in [0.25, 0.3) is 0 Å². The van der Waals surface area contributed by atoms with E-state index in [1.807, 2.05) is 36.4 Å². The maximum atomic E-state index is 6.33. The van der Waals surface area contributed by atoms with Gasteiger partial charge in [0.2, 0.25) is 0 Å². The van der Waals surface area contributed by atoms with Gasteiger partial charge in [-0.3, -0.25) is 0 Å². The van der Waals surface area contributed by atoms with E-state index in [9.17, 15) is 0 Å². The summed E-state index contributed by atoms with van der Waals surface area (Å²) in [6, 6.07) is 14.3. The van der Waals surface area contributed by atoms with E-state index in [1.165, 1.54) is 4.90 Å². The summed E-state index contributed by atoms with van der Waals surface area (Å²) in [6.45, 7) is 5.03. The van der Waals surface area contributed by atoms with E-state index in [4.69, 9.17) is 23.2 Å². The largest absolute Gasteiger partial charge is 0.310 e. The molecule has 0 radical (unpaired) electrons. The summed E-state index contributed by atoms with van der Waals surface area (Å²) < 4.78 is 0. The molecule has 0 bridgehead atoms. The molecule has 0 amide bonds. The van der Waals surface area contributed by atoms with E-state index in [0.717, 1.165) is 27.0 Å². The van der Waals surface area contributed by atoms with Crippen molar-refractivity contribution in [1.29, 1.82) is 0 Å². The van der Waals surface area contributed by atoms with Crippen molar-refractivity contribution < 1.29 is 0 Å². The van der Waals surface area contributed by atoms with Crippen LogP contribution in [0.5, 0.6) is 0 Å². The predicted molar refractivity (Wildman–Crippen MR) is 89.0 cm³/mol. The zero-order valence-electron chi connectivity index (χ0n) is 11.5. The lowest BCUT2D eigenvalue weighted by molar-refractivity contribution is 0.585. The molecule has 2 rings (SSSR count). The van der Waals surface area contributed by atoms with Crippen LogP contribution in [0.15, 0.2) is 52.3 Å². The molecule has 0 aromatic heterocycles. The summed E-state index contributed by atoms with van der Waals surface area (Å²) in [6.07, 6.45) is 0. The van der Waals surface area contributed by atoms with Gasteiger partial charge in [-0.2, -0.15) is 0 Å². The van der Waals surface area contributed by atoms with Crippen molar-refractivity contribution in [2.24, 2.45) is 0 Å². The highest BCUT2D eigenvalue weighted by Gasteiger charge is 2.09. The van der Waals surface area contributed by atoms with Crippen LogP contribution in [0, 0.1) is 0 Å². The Bertz CT molecular complexity index is 567. The lowest BCUT2D eigenvalue weighted by atomic mass is 10.2. The first-order valence-corrected chi connectivity index (χ1v) is 8.07. The van der Waals surface area contributed by atoms with Crippen LogP contribution < -0.4 is 5.32 Å². The van der Waals surface area contributed by atoms with Gasteiger partial charge in [-0.1, -0.05) is 54.9 Å². The van der Waals surface area contributed by atoms with Crippen molar-refractivity contribution in [1.82, 2.24) is 5.32 Å². The summed E-state index contributed by atoms with van der Waals surface area (Å²) in [5.74, 6) is 0. The van der Waals surface area contributed by atoms with E-state index in [2.05, 4.69) is 25.2 Å². The zero-order chi connectivity index (χ0) is 14.5. The van der Waals surface area contributed by atoms with E-state index in [1.54, 1.807) is 11.8 Å². The molecule has 1 N–H and O–H groups in total. The van der Waals surface area contributed by atoms with Crippen molar-refractivity contribution in [2.45, 2.75) is 36.2 Å². The van der Waals surface area contributed by atoms with Crippen molar-refractivity contribution in [3.05, 3.63) is 58.1 Å². The smallest absolute Gasteiger partial charge is 0.0462 e. The highest BCUT2D eigenvalue weighted by molar-refractivity contribution is 7.99. The summed E-state index contributed by atoms with van der Waals surface area (Å²) in [5.41, 5.74) is 1.14. The first-order chi connectivity index (χ1) is 9.56. The van der Waals surface area contributed by atoms with Crippen LogP contribution in [0.1, 0.15) is 19.4 Å². The standard InChI is InChI=1S/C16H17Cl2NS/c1-11(2)19-10-14-15(18)4-3-5-16(14)20-13-8-6-12(17)7-9-13/h3-9,11,19H,10H2,1-2H3. The molecular formula is C16H17Cl2NS. The summed E-state index contributed by atoms with van der Waals surface area (Å²) in [4.78, 5) is 2.33. The van der Waals surface area contributed by atoms with Gasteiger partial charge in [-0.25, -0.2) is 0 Å². The van der Waals surface area contributed by atoms with Crippen molar-refractivity contribution >= 4 is 35.0 Å². The van der Waals surface area contributed by atoms with E-state index < -0.39 is 0 Å². The third kappa shape index (κ3) is 4.42. The normalized spacial score (nSPS) is 11.1. The van der Waals surface area contributed by atoms with Crippen molar-refractivity contribution in [2.75, 3.05) is 0 Å². The highest BCUT2D eigenvalue weighted by Crippen LogP contribution is 2.34. The summed E-state index contributed by atoms with van der Waals surface area (Å²) in [7, 11) is 0. The number of nitrogens with one attached hydrogen (secondary N) is 1. The van der Waals surface area contributed by atoms with Gasteiger partial charge in [0.15, 0.2) is 0 Å². The molecule has 106 valence electrons. The fourth-order valence-electron chi connectivity index (χ4n) is 1.74. The van der Waals surface area contributed by atoms with Gasteiger partial charge in [-0.05, 0) is 42.0 Å². The fraction of sp³-hybridized carbons (Fsp3) is 0.250. The molecule has 0 heterocycles. The number of hydrogen-bond donors (Lipinski definition) is 1. The monoisotopic (exact) mass is 325 g/mol. The van der Waals surface area contributed by atoms with Crippen LogP contribution in [0.3, 0.4) is 0 Å². The van der Waals surface area contributed by atoms with Gasteiger partial charge in [0.1, 0.15) is 0 Å². The quantitative estimate of drug-likeness (QED) is 0.763. The predicted octanol–water partition coefficient (Wildman–Crippen LogP) is 5.64. The molecule has 2 aromatic carbocycles. The third-order valence-corrected chi connectivity index (χ3v) is 4.52. The molecule has 4 heteroatoms. The van der Waals surface area contributed by atoms with E-state index in [-0.39, 0.29) is 0 Å². The van der Waals surface area contributed by atoms with Gasteiger partial charge >= 0.3 is 0 Å². The Balaban J connectivity index is 2.22. The van der Waals surface area contributed by atoms with E-state index >= 15 is 0 Å². The van der Waals surface area contributed by atoms with Gasteiger partial charge in [0.25, 0.3) is 0 Å². The zero-order valence-corrected chi connectivity index (χ0v) is 13.8. The molecular weight excluding hydrogens is 309 g/mol. The maximum absolute atomic E-state index is 6.33. The Morgan fingerprint density at radius 2 is 1.75 bits per heavy atom. The van der Waals surface area contributed by atoms with Crippen LogP contribution in [-0.2, 0) is 6.54 Å². The summed E-state index contributed by atoms with van der Waals surface area (Å²) in [5, 5.41) is 4.97. The molecule has 1 nitrogen and oxygen atoms in total. The molecule has 0 aliphatic heterocycles. The van der Waals surface area contributed by atoms with Gasteiger partial charge in [0.05, 0.1) is 0 Å². The van der Waals surface area contributed by atoms with Gasteiger partial charge < -0.3 is 5.32 Å². The molecule has 0 spiro atoms. The number of rotatable bonds is 5. The average molecular weight is 326 g/mol. The second kappa shape index (κ2) is 7.37. The second-order valence-electron chi connectivity index (χ2n) is 4.81. The first-order valence-electron chi connectivity index (χ1n) is 6.50. The molecule has 0 unspecified atom stereocenters. The Labute approximate surface area is 134 Å². The highest BCUT2D eigenvalue weighted by atomic mass is 35.5. The maximum Gasteiger partial charge on any atom is 0.0462 e. The molecule has 0 atom stereocenters. The molecule has 0 fully saturated rings. The molecule has 0 saturated carbocycles. The Morgan fingerprint density at radius 1 is 1.05 bits per heavy atom. The minimum absolute atomic E-state index is 0.430. The second-order valence-corrected chi connectivity index (χ2v) is 6.77. The minimum Gasteiger partial charge on any atom is -0.310 e. The lowest BCUT2D eigenvalue weighted by Gasteiger charge is -2.14. The molecule has 0 saturated heterocycles. The number of halogens is 2. The van der Waals surface area contributed by atoms with Gasteiger partial charge in [-0.15, -0.1) is 0 Å². The minimum atomic E-state index is 0.430. The van der Waals surface area contributed by atoms with Crippen LogP contribution >= 0.6 is 35.0 Å². The molecule has 0 aliphatic carbocycles. The topological polar surface area (TPSA) is 12.0 Å². The third-order valence-electron chi connectivity index (χ3n) is 2.80. The average Bonchev–Trinajstić information content (AvgIpc) is 2.40. The SMILES string of the molecule is CC(C)NCc1c(Cl)cccc1Sc1ccc(Cl)cc1. The Hall–Kier alpha value is -0.670. The number of hydrogen-bond acceptors (Lipinski definition) is 2. The number of benzene rings is 2. The fourth-order valence-corrected chi connectivity index (χ4v) is 3.14. The first kappa shape index (κ1) is 15.7.